The van der Waals surface area contributed by atoms with Gasteiger partial charge in [0.1, 0.15) is 5.84 Å². The van der Waals surface area contributed by atoms with E-state index in [1.165, 1.54) is 52.6 Å². The molecule has 1 aliphatic heterocycles. The normalized spacial score (nSPS) is 14.4. The van der Waals surface area contributed by atoms with Crippen LogP contribution in [0.3, 0.4) is 0 Å². The minimum absolute atomic E-state index is 0.0923. The van der Waals surface area contributed by atoms with Crippen molar-refractivity contribution in [2.75, 3.05) is 25.5 Å². The Labute approximate surface area is 254 Å². The predicted octanol–water partition coefficient (Wildman–Crippen LogP) is 6.92. The van der Waals surface area contributed by atoms with Gasteiger partial charge in [-0.05, 0) is 130 Å². The summed E-state index contributed by atoms with van der Waals surface area (Å²) in [6.07, 6.45) is 12.5. The maximum atomic E-state index is 6.22. The molecule has 42 heavy (non-hydrogen) atoms. The van der Waals surface area contributed by atoms with Crippen LogP contribution in [0, 0.1) is 0 Å². The molecule has 7 heteroatoms. The van der Waals surface area contributed by atoms with Crippen LogP contribution in [0.1, 0.15) is 107 Å². The molecule has 1 fully saturated rings. The van der Waals surface area contributed by atoms with Crippen molar-refractivity contribution in [2.24, 2.45) is 22.2 Å². The van der Waals surface area contributed by atoms with E-state index in [0.29, 0.717) is 0 Å². The number of nitrogens with zero attached hydrogens (tertiary/aromatic N) is 3. The van der Waals surface area contributed by atoms with Gasteiger partial charge in [0.2, 0.25) is 5.95 Å². The molecule has 0 amide bonds. The summed E-state index contributed by atoms with van der Waals surface area (Å²) in [5.41, 5.74) is 28.1. The zero-order chi connectivity index (χ0) is 30.7. The van der Waals surface area contributed by atoms with Crippen molar-refractivity contribution in [2.45, 2.75) is 117 Å². The van der Waals surface area contributed by atoms with Crippen LogP contribution in [0.5, 0.6) is 0 Å². The Morgan fingerprint density at radius 3 is 1.93 bits per heavy atom. The number of aliphatic imine (C=N–C) groups is 1. The summed E-state index contributed by atoms with van der Waals surface area (Å²) in [4.78, 5) is 9.35. The average Bonchev–Trinajstić information content (AvgIpc) is 3.50. The van der Waals surface area contributed by atoms with E-state index in [0.717, 1.165) is 94.0 Å². The van der Waals surface area contributed by atoms with E-state index in [4.69, 9.17) is 22.2 Å². The van der Waals surface area contributed by atoms with Crippen LogP contribution in [-0.4, -0.2) is 35.5 Å². The number of nitrogens with one attached hydrogen (secondary N) is 1. The van der Waals surface area contributed by atoms with Crippen molar-refractivity contribution in [3.63, 3.8) is 0 Å². The molecule has 1 aromatic heterocycles. The Hall–Kier alpha value is -2.90. The fraction of sp³-hybridized carbons (Fsp3) is 0.600. The number of nitrogens with two attached hydrogens (primary N) is 3. The van der Waals surface area contributed by atoms with Crippen LogP contribution in [0.2, 0.25) is 0 Å². The number of hydrogen-bond acceptors (Lipinski definition) is 6. The molecule has 3 aromatic rings. The first-order chi connectivity index (χ1) is 20.5. The Morgan fingerprint density at radius 1 is 0.833 bits per heavy atom. The van der Waals surface area contributed by atoms with Gasteiger partial charge < -0.3 is 27.1 Å². The highest BCUT2D eigenvalue weighted by atomic mass is 15.2. The smallest absolute Gasteiger partial charge is 0.203 e. The zero-order valence-electron chi connectivity index (χ0n) is 27.3. The number of imidazole rings is 1. The van der Waals surface area contributed by atoms with E-state index in [1.807, 2.05) is 20.9 Å². The first-order valence-corrected chi connectivity index (χ1v) is 16.6. The van der Waals surface area contributed by atoms with Gasteiger partial charge in [0.15, 0.2) is 0 Å². The Balaban J connectivity index is 0.000000218. The molecule has 0 unspecified atom stereocenters. The second kappa shape index (κ2) is 16.1. The molecular weight excluding hydrogens is 518 g/mol. The fourth-order valence-corrected chi connectivity index (χ4v) is 6.39. The number of anilines is 1. The monoisotopic (exact) mass is 575 g/mol. The highest BCUT2D eigenvalue weighted by molar-refractivity contribution is 6.00. The van der Waals surface area contributed by atoms with Gasteiger partial charge in [-0.25, -0.2) is 9.98 Å². The van der Waals surface area contributed by atoms with Crippen molar-refractivity contribution in [3.8, 4) is 0 Å². The van der Waals surface area contributed by atoms with E-state index in [-0.39, 0.29) is 5.41 Å². The number of unbranched alkanes of at least 4 members (excludes halogenated alkanes) is 2. The summed E-state index contributed by atoms with van der Waals surface area (Å²) in [7, 11) is 1.93. The van der Waals surface area contributed by atoms with Gasteiger partial charge >= 0.3 is 0 Å². The lowest BCUT2D eigenvalue weighted by molar-refractivity contribution is 0.344. The van der Waals surface area contributed by atoms with Crippen molar-refractivity contribution in [1.82, 2.24) is 9.55 Å². The molecule has 7 N–H and O–H groups in total. The van der Waals surface area contributed by atoms with Crippen molar-refractivity contribution < 1.29 is 0 Å². The number of benzene rings is 2. The molecule has 0 saturated heterocycles. The summed E-state index contributed by atoms with van der Waals surface area (Å²) < 4.78 is 2.23. The average molecular weight is 576 g/mol. The topological polar surface area (TPSA) is 120 Å². The lowest BCUT2D eigenvalue weighted by Crippen LogP contribution is -2.44. The van der Waals surface area contributed by atoms with Gasteiger partial charge in [0, 0.05) is 13.6 Å². The van der Waals surface area contributed by atoms with Gasteiger partial charge in [-0.1, -0.05) is 40.2 Å². The largest absolute Gasteiger partial charge is 0.386 e. The molecule has 1 saturated carbocycles. The molecule has 232 valence electrons. The Kier molecular flexibility index (Phi) is 12.9. The van der Waals surface area contributed by atoms with Gasteiger partial charge in [-0.3, -0.25) is 0 Å². The maximum Gasteiger partial charge on any atom is 0.203 e. The Bertz CT molecular complexity index is 1320. The second-order valence-corrected chi connectivity index (χ2v) is 11.3. The lowest BCUT2D eigenvalue weighted by Gasteiger charge is -2.39. The minimum Gasteiger partial charge on any atom is -0.386 e. The second-order valence-electron chi connectivity index (χ2n) is 11.3. The van der Waals surface area contributed by atoms with E-state index in [1.54, 1.807) is 0 Å². The molecule has 1 spiro atoms. The minimum atomic E-state index is 0.0923. The lowest BCUT2D eigenvalue weighted by atomic mass is 9.64. The maximum absolute atomic E-state index is 6.22. The van der Waals surface area contributed by atoms with Gasteiger partial charge in [0.25, 0.3) is 0 Å². The van der Waals surface area contributed by atoms with E-state index in [2.05, 4.69) is 59.9 Å². The van der Waals surface area contributed by atoms with Crippen molar-refractivity contribution >= 4 is 28.5 Å². The van der Waals surface area contributed by atoms with Crippen LogP contribution >= 0.6 is 0 Å². The molecule has 2 heterocycles. The van der Waals surface area contributed by atoms with Crippen LogP contribution in [0.4, 0.5) is 11.6 Å². The number of fused-ring (bicyclic) bond motifs is 3. The summed E-state index contributed by atoms with van der Waals surface area (Å²) >= 11 is 0. The summed E-state index contributed by atoms with van der Waals surface area (Å²) in [5.74, 6) is 1.79. The van der Waals surface area contributed by atoms with Gasteiger partial charge in [0.05, 0.1) is 22.1 Å². The van der Waals surface area contributed by atoms with Gasteiger partial charge in [-0.15, -0.1) is 0 Å². The molecule has 0 bridgehead atoms. The molecule has 5 rings (SSSR count). The predicted molar refractivity (Wildman–Crippen MR) is 182 cm³/mol. The number of rotatable bonds is 12. The zero-order valence-corrected chi connectivity index (χ0v) is 27.3. The van der Waals surface area contributed by atoms with Crippen LogP contribution in [0.15, 0.2) is 29.3 Å². The van der Waals surface area contributed by atoms with Crippen LogP contribution in [0.25, 0.3) is 11.0 Å². The molecular formula is C35H57N7. The van der Waals surface area contributed by atoms with E-state index < -0.39 is 0 Å². The number of aromatic nitrogens is 2. The van der Waals surface area contributed by atoms with Crippen molar-refractivity contribution in [1.29, 1.82) is 0 Å². The third kappa shape index (κ3) is 7.00. The third-order valence-electron chi connectivity index (χ3n) is 8.94. The highest BCUT2D eigenvalue weighted by Crippen LogP contribution is 2.52. The molecule has 2 aliphatic rings. The first kappa shape index (κ1) is 33.6. The SMILES string of the molecule is CC.CCc1cc2c(cc1CCCCN)N=C(N)C21CCC1.CCc1cc2c(cc1CCCCN)nc(NC)n2CC. The van der Waals surface area contributed by atoms with Crippen molar-refractivity contribution in [3.05, 3.63) is 52.1 Å². The van der Waals surface area contributed by atoms with Crippen LogP contribution in [-0.2, 0) is 37.6 Å². The molecule has 0 atom stereocenters. The summed E-state index contributed by atoms with van der Waals surface area (Å²) in [6.45, 7) is 13.1. The first-order valence-electron chi connectivity index (χ1n) is 16.6. The standard InChI is InChI=1S/C17H25N3.C16H26N4.C2H6/c1-2-12-10-14-15(11-13(12)6-3-4-9-18)20-16(19)17(14)7-5-8-17;1-4-12-11-15-14(10-13(12)8-6-7-9-17)19-16(18-3)20(15)5-2;1-2/h10-11H,2-9,18H2,1H3,(H2,19,20);10-11H,4-9,17H2,1-3H3,(H,18,19);1-2H3. The van der Waals surface area contributed by atoms with Crippen LogP contribution < -0.4 is 22.5 Å². The van der Waals surface area contributed by atoms with E-state index >= 15 is 0 Å². The number of amidine groups is 1. The summed E-state index contributed by atoms with van der Waals surface area (Å²) in [6, 6.07) is 9.24. The Morgan fingerprint density at radius 2 is 1.43 bits per heavy atom. The fourth-order valence-electron chi connectivity index (χ4n) is 6.39. The number of aryl methyl sites for hydroxylation is 5. The molecule has 1 aliphatic carbocycles. The van der Waals surface area contributed by atoms with Gasteiger partial charge in [-0.2, -0.15) is 0 Å². The number of hydrogen-bond donors (Lipinski definition) is 4. The third-order valence-corrected chi connectivity index (χ3v) is 8.94. The van der Waals surface area contributed by atoms with E-state index in [9.17, 15) is 0 Å². The summed E-state index contributed by atoms with van der Waals surface area (Å²) in [5, 5.41) is 3.18. The molecule has 0 radical (unpaired) electrons. The highest BCUT2D eigenvalue weighted by Gasteiger charge is 2.47. The molecule has 2 aromatic carbocycles. The molecule has 7 nitrogen and oxygen atoms in total. The quantitative estimate of drug-likeness (QED) is 0.175.